The number of hydrazine groups is 1. The van der Waals surface area contributed by atoms with E-state index in [1.807, 2.05) is 20.8 Å². The third-order valence-corrected chi connectivity index (χ3v) is 4.77. The molecule has 146 valence electrons. The SMILES string of the molecule is CCC(CC)[C@H](NNC(C)=O)C1[C@H](O)CC[C@H]1NC(=O)OC(C)(C)C. The lowest BCUT2D eigenvalue weighted by atomic mass is 9.81. The average Bonchev–Trinajstić information content (AvgIpc) is 2.82. The minimum Gasteiger partial charge on any atom is -0.444 e. The second kappa shape index (κ2) is 9.38. The number of alkyl carbamates (subject to hydrolysis) is 1. The van der Waals surface area contributed by atoms with Crippen molar-refractivity contribution in [3.8, 4) is 0 Å². The molecule has 4 atom stereocenters. The van der Waals surface area contributed by atoms with Gasteiger partial charge in [-0.25, -0.2) is 10.2 Å². The summed E-state index contributed by atoms with van der Waals surface area (Å²) in [6.07, 6.45) is 2.12. The monoisotopic (exact) mass is 357 g/mol. The first-order valence-corrected chi connectivity index (χ1v) is 9.28. The molecule has 2 amide bonds. The summed E-state index contributed by atoms with van der Waals surface area (Å²) in [6.45, 7) is 11.1. The fourth-order valence-corrected chi connectivity index (χ4v) is 3.63. The van der Waals surface area contributed by atoms with Crippen molar-refractivity contribution in [1.29, 1.82) is 0 Å². The number of hydrogen-bond donors (Lipinski definition) is 4. The zero-order chi connectivity index (χ0) is 19.2. The topological polar surface area (TPSA) is 99.7 Å². The van der Waals surface area contributed by atoms with E-state index in [2.05, 4.69) is 30.0 Å². The molecule has 0 aliphatic heterocycles. The fraction of sp³-hybridized carbons (Fsp3) is 0.889. The molecule has 1 saturated carbocycles. The Hall–Kier alpha value is -1.34. The van der Waals surface area contributed by atoms with Gasteiger partial charge in [0.15, 0.2) is 0 Å². The molecule has 1 fully saturated rings. The second-order valence-electron chi connectivity index (χ2n) is 7.90. The number of nitrogens with one attached hydrogen (secondary N) is 3. The van der Waals surface area contributed by atoms with Crippen molar-refractivity contribution < 1.29 is 19.4 Å². The van der Waals surface area contributed by atoms with Gasteiger partial charge in [-0.05, 0) is 39.5 Å². The van der Waals surface area contributed by atoms with Crippen LogP contribution < -0.4 is 16.2 Å². The molecule has 1 rings (SSSR count). The third kappa shape index (κ3) is 6.82. The molecule has 0 bridgehead atoms. The Kier molecular flexibility index (Phi) is 8.15. The summed E-state index contributed by atoms with van der Waals surface area (Å²) in [5.41, 5.74) is 5.18. The summed E-state index contributed by atoms with van der Waals surface area (Å²) in [7, 11) is 0. The number of amides is 2. The largest absolute Gasteiger partial charge is 0.444 e. The van der Waals surface area contributed by atoms with Gasteiger partial charge in [-0.1, -0.05) is 26.7 Å². The molecular weight excluding hydrogens is 322 g/mol. The van der Waals surface area contributed by atoms with Crippen LogP contribution in [0.5, 0.6) is 0 Å². The summed E-state index contributed by atoms with van der Waals surface area (Å²) < 4.78 is 5.35. The standard InChI is InChI=1S/C18H35N3O4/c1-7-12(8-2)16(21-20-11(3)22)15-13(9-10-14(15)23)19-17(24)25-18(4,5)6/h12-16,21,23H,7-10H2,1-6H3,(H,19,24)(H,20,22)/t13-,14-,15?,16+/m1/s1. The van der Waals surface area contributed by atoms with Crippen molar-refractivity contribution in [2.24, 2.45) is 11.8 Å². The van der Waals surface area contributed by atoms with Gasteiger partial charge in [0.1, 0.15) is 5.60 Å². The molecule has 25 heavy (non-hydrogen) atoms. The van der Waals surface area contributed by atoms with Crippen molar-refractivity contribution in [3.63, 3.8) is 0 Å². The summed E-state index contributed by atoms with van der Waals surface area (Å²) in [5.74, 6) is -0.100. The predicted molar refractivity (Wildman–Crippen MR) is 96.7 cm³/mol. The van der Waals surface area contributed by atoms with Gasteiger partial charge in [-0.3, -0.25) is 10.2 Å². The lowest BCUT2D eigenvalue weighted by Gasteiger charge is -2.36. The molecule has 7 nitrogen and oxygen atoms in total. The highest BCUT2D eigenvalue weighted by Gasteiger charge is 2.43. The van der Waals surface area contributed by atoms with E-state index in [-0.39, 0.29) is 29.8 Å². The van der Waals surface area contributed by atoms with E-state index in [9.17, 15) is 14.7 Å². The predicted octanol–water partition coefficient (Wildman–Crippen LogP) is 2.10. The number of carbonyl (C=O) groups excluding carboxylic acids is 2. The van der Waals surface area contributed by atoms with Gasteiger partial charge in [-0.15, -0.1) is 0 Å². The molecule has 0 saturated heterocycles. The first-order chi connectivity index (χ1) is 11.6. The van der Waals surface area contributed by atoms with Gasteiger partial charge in [-0.2, -0.15) is 0 Å². The number of carbonyl (C=O) groups is 2. The maximum Gasteiger partial charge on any atom is 0.407 e. The molecule has 0 aromatic rings. The maximum absolute atomic E-state index is 12.2. The molecule has 0 aromatic carbocycles. The fourth-order valence-electron chi connectivity index (χ4n) is 3.63. The Morgan fingerprint density at radius 3 is 2.28 bits per heavy atom. The van der Waals surface area contributed by atoms with Gasteiger partial charge in [0.25, 0.3) is 0 Å². The van der Waals surface area contributed by atoms with E-state index in [0.29, 0.717) is 12.8 Å². The summed E-state index contributed by atoms with van der Waals surface area (Å²) in [4.78, 5) is 23.5. The highest BCUT2D eigenvalue weighted by atomic mass is 16.6. The van der Waals surface area contributed by atoms with Crippen LogP contribution in [0.1, 0.15) is 67.2 Å². The first-order valence-electron chi connectivity index (χ1n) is 9.28. The first kappa shape index (κ1) is 21.7. The second-order valence-corrected chi connectivity index (χ2v) is 7.90. The van der Waals surface area contributed by atoms with Crippen LogP contribution in [-0.2, 0) is 9.53 Å². The van der Waals surface area contributed by atoms with Gasteiger partial charge in [0.2, 0.25) is 5.91 Å². The van der Waals surface area contributed by atoms with E-state index in [1.54, 1.807) is 0 Å². The molecule has 1 unspecified atom stereocenters. The lowest BCUT2D eigenvalue weighted by molar-refractivity contribution is -0.120. The molecule has 0 radical (unpaired) electrons. The zero-order valence-electron chi connectivity index (χ0n) is 16.4. The molecule has 7 heteroatoms. The molecule has 0 spiro atoms. The summed E-state index contributed by atoms with van der Waals surface area (Å²) in [5, 5.41) is 13.4. The van der Waals surface area contributed by atoms with E-state index in [1.165, 1.54) is 6.92 Å². The Balaban J connectivity index is 2.91. The van der Waals surface area contributed by atoms with Crippen LogP contribution in [0.25, 0.3) is 0 Å². The van der Waals surface area contributed by atoms with Crippen molar-refractivity contribution in [2.45, 2.75) is 91.0 Å². The smallest absolute Gasteiger partial charge is 0.407 e. The Morgan fingerprint density at radius 2 is 1.80 bits per heavy atom. The van der Waals surface area contributed by atoms with Crippen LogP contribution in [0.3, 0.4) is 0 Å². The van der Waals surface area contributed by atoms with Crippen LogP contribution >= 0.6 is 0 Å². The van der Waals surface area contributed by atoms with Crippen molar-refractivity contribution in [3.05, 3.63) is 0 Å². The molecule has 1 aliphatic carbocycles. The van der Waals surface area contributed by atoms with Gasteiger partial charge in [0, 0.05) is 24.9 Å². The minimum atomic E-state index is -0.569. The van der Waals surface area contributed by atoms with Gasteiger partial charge < -0.3 is 15.2 Å². The molecule has 0 heterocycles. The normalized spacial score (nSPS) is 24.9. The van der Waals surface area contributed by atoms with E-state index in [4.69, 9.17) is 4.74 Å². The molecular formula is C18H35N3O4. The van der Waals surface area contributed by atoms with E-state index >= 15 is 0 Å². The Labute approximate surface area is 151 Å². The van der Waals surface area contributed by atoms with Crippen LogP contribution in [0.2, 0.25) is 0 Å². The van der Waals surface area contributed by atoms with Crippen LogP contribution in [0, 0.1) is 11.8 Å². The maximum atomic E-state index is 12.2. The Morgan fingerprint density at radius 1 is 1.20 bits per heavy atom. The van der Waals surface area contributed by atoms with Crippen molar-refractivity contribution in [2.75, 3.05) is 0 Å². The van der Waals surface area contributed by atoms with Crippen molar-refractivity contribution in [1.82, 2.24) is 16.2 Å². The quantitative estimate of drug-likeness (QED) is 0.523. The zero-order valence-corrected chi connectivity index (χ0v) is 16.4. The number of hydrogen-bond acceptors (Lipinski definition) is 5. The summed E-state index contributed by atoms with van der Waals surface area (Å²) >= 11 is 0. The third-order valence-electron chi connectivity index (χ3n) is 4.77. The summed E-state index contributed by atoms with van der Waals surface area (Å²) in [6, 6.07) is -0.326. The van der Waals surface area contributed by atoms with E-state index < -0.39 is 17.8 Å². The number of rotatable bonds is 7. The average molecular weight is 357 g/mol. The minimum absolute atomic E-state index is 0.128. The number of aliphatic hydroxyl groups excluding tert-OH is 1. The van der Waals surface area contributed by atoms with Crippen molar-refractivity contribution >= 4 is 12.0 Å². The Bertz CT molecular complexity index is 446. The van der Waals surface area contributed by atoms with Crippen LogP contribution in [0.15, 0.2) is 0 Å². The number of aliphatic hydroxyl groups is 1. The lowest BCUT2D eigenvalue weighted by Crippen LogP contribution is -2.57. The van der Waals surface area contributed by atoms with Gasteiger partial charge >= 0.3 is 6.09 Å². The van der Waals surface area contributed by atoms with Crippen LogP contribution in [0.4, 0.5) is 4.79 Å². The molecule has 4 N–H and O–H groups in total. The number of ether oxygens (including phenoxy) is 1. The van der Waals surface area contributed by atoms with Gasteiger partial charge in [0.05, 0.1) is 6.10 Å². The molecule has 1 aliphatic rings. The van der Waals surface area contributed by atoms with E-state index in [0.717, 1.165) is 12.8 Å². The highest BCUT2D eigenvalue weighted by Crippen LogP contribution is 2.34. The highest BCUT2D eigenvalue weighted by molar-refractivity contribution is 5.72. The van der Waals surface area contributed by atoms with Crippen LogP contribution in [-0.4, -0.2) is 40.9 Å². The molecule has 0 aromatic heterocycles.